The molecule has 1 heterocycles. The topological polar surface area (TPSA) is 48.1 Å². The number of nitrogen functional groups attached to an aromatic ring is 1. The van der Waals surface area contributed by atoms with Gasteiger partial charge in [0.2, 0.25) is 0 Å². The number of hydrogen-bond donors (Lipinski definition) is 1. The number of anilines is 1. The van der Waals surface area contributed by atoms with Gasteiger partial charge in [-0.3, -0.25) is 4.98 Å². The van der Waals surface area contributed by atoms with Crippen molar-refractivity contribution in [1.29, 1.82) is 0 Å². The van der Waals surface area contributed by atoms with Crippen molar-refractivity contribution in [1.82, 2.24) is 4.98 Å². The summed E-state index contributed by atoms with van der Waals surface area (Å²) >= 11 is 0. The summed E-state index contributed by atoms with van der Waals surface area (Å²) in [6.07, 6.45) is 2.57. The van der Waals surface area contributed by atoms with Crippen molar-refractivity contribution in [3.05, 3.63) is 53.9 Å². The van der Waals surface area contributed by atoms with E-state index in [1.165, 1.54) is 0 Å². The number of ether oxygens (including phenoxy) is 1. The summed E-state index contributed by atoms with van der Waals surface area (Å²) in [5, 5.41) is 0. The van der Waals surface area contributed by atoms with E-state index < -0.39 is 0 Å². The Morgan fingerprint density at radius 3 is 2.88 bits per heavy atom. The Bertz CT molecular complexity index is 483. The molecule has 0 saturated carbocycles. The lowest BCUT2D eigenvalue weighted by Crippen LogP contribution is -2.04. The van der Waals surface area contributed by atoms with Crippen LogP contribution < -0.4 is 10.5 Å². The maximum Gasteiger partial charge on any atom is 0.142 e. The van der Waals surface area contributed by atoms with Gasteiger partial charge in [-0.05, 0) is 36.8 Å². The largest absolute Gasteiger partial charge is 0.491 e. The van der Waals surface area contributed by atoms with E-state index in [4.69, 9.17) is 10.5 Å². The maximum absolute atomic E-state index is 5.83. The van der Waals surface area contributed by atoms with Crippen LogP contribution in [0.25, 0.3) is 0 Å². The second kappa shape index (κ2) is 5.34. The summed E-state index contributed by atoms with van der Waals surface area (Å²) in [4.78, 5) is 4.24. The monoisotopic (exact) mass is 228 g/mol. The van der Waals surface area contributed by atoms with E-state index in [1.807, 2.05) is 43.3 Å². The molecule has 0 fully saturated rings. The van der Waals surface area contributed by atoms with Crippen molar-refractivity contribution >= 4 is 5.69 Å². The molecule has 1 aromatic carbocycles. The summed E-state index contributed by atoms with van der Waals surface area (Å²) < 4.78 is 5.66. The molecule has 3 nitrogen and oxygen atoms in total. The molecule has 0 amide bonds. The summed E-state index contributed by atoms with van der Waals surface area (Å²) in [6, 6.07) is 11.7. The Hall–Kier alpha value is -2.03. The first-order chi connectivity index (χ1) is 8.25. The molecular weight excluding hydrogens is 212 g/mol. The molecule has 0 aliphatic rings. The minimum absolute atomic E-state index is 0.588. The molecule has 17 heavy (non-hydrogen) atoms. The van der Waals surface area contributed by atoms with E-state index in [-0.39, 0.29) is 0 Å². The van der Waals surface area contributed by atoms with Crippen LogP contribution in [0.1, 0.15) is 11.3 Å². The number of pyridine rings is 1. The van der Waals surface area contributed by atoms with Crippen LogP contribution in [0.5, 0.6) is 5.75 Å². The SMILES string of the molecule is Cc1ccc(N)c(OCCc2ccccn2)c1. The van der Waals surface area contributed by atoms with Gasteiger partial charge in [-0.15, -0.1) is 0 Å². The zero-order valence-electron chi connectivity index (χ0n) is 9.89. The smallest absolute Gasteiger partial charge is 0.142 e. The molecule has 0 aliphatic carbocycles. The first-order valence-corrected chi connectivity index (χ1v) is 5.64. The van der Waals surface area contributed by atoms with Crippen molar-refractivity contribution in [3.8, 4) is 5.75 Å². The molecule has 0 atom stereocenters. The first-order valence-electron chi connectivity index (χ1n) is 5.64. The number of nitrogens with two attached hydrogens (primary N) is 1. The minimum Gasteiger partial charge on any atom is -0.491 e. The molecule has 0 saturated heterocycles. The van der Waals surface area contributed by atoms with E-state index in [0.717, 1.165) is 23.4 Å². The average molecular weight is 228 g/mol. The molecule has 88 valence electrons. The van der Waals surface area contributed by atoms with E-state index >= 15 is 0 Å². The molecule has 3 heteroatoms. The Kier molecular flexibility index (Phi) is 3.60. The van der Waals surface area contributed by atoms with Gasteiger partial charge in [-0.1, -0.05) is 12.1 Å². The highest BCUT2D eigenvalue weighted by molar-refractivity contribution is 5.53. The molecule has 0 radical (unpaired) electrons. The van der Waals surface area contributed by atoms with Crippen LogP contribution in [-0.2, 0) is 6.42 Å². The van der Waals surface area contributed by atoms with Crippen molar-refractivity contribution in [2.24, 2.45) is 0 Å². The van der Waals surface area contributed by atoms with Gasteiger partial charge in [-0.25, -0.2) is 0 Å². The third kappa shape index (κ3) is 3.21. The first kappa shape index (κ1) is 11.5. The number of hydrogen-bond acceptors (Lipinski definition) is 3. The van der Waals surface area contributed by atoms with Gasteiger partial charge in [-0.2, -0.15) is 0 Å². The third-order valence-corrected chi connectivity index (χ3v) is 2.51. The fourth-order valence-electron chi connectivity index (χ4n) is 1.58. The van der Waals surface area contributed by atoms with Crippen LogP contribution in [-0.4, -0.2) is 11.6 Å². The summed E-state index contributed by atoms with van der Waals surface area (Å²) in [7, 11) is 0. The Balaban J connectivity index is 1.92. The fourth-order valence-corrected chi connectivity index (χ4v) is 1.58. The number of benzene rings is 1. The highest BCUT2D eigenvalue weighted by Gasteiger charge is 2.01. The van der Waals surface area contributed by atoms with Crippen LogP contribution >= 0.6 is 0 Å². The minimum atomic E-state index is 0.588. The van der Waals surface area contributed by atoms with Crippen molar-refractivity contribution < 1.29 is 4.74 Å². The normalized spacial score (nSPS) is 10.2. The molecule has 0 bridgehead atoms. The number of aromatic nitrogens is 1. The highest BCUT2D eigenvalue weighted by atomic mass is 16.5. The molecular formula is C14H16N2O. The molecule has 2 rings (SSSR count). The summed E-state index contributed by atoms with van der Waals surface area (Å²) in [6.45, 7) is 2.61. The van der Waals surface area contributed by atoms with Crippen LogP contribution in [0.3, 0.4) is 0 Å². The number of aryl methyl sites for hydroxylation is 1. The fraction of sp³-hybridized carbons (Fsp3) is 0.214. The van der Waals surface area contributed by atoms with Gasteiger partial charge in [0.25, 0.3) is 0 Å². The summed E-state index contributed by atoms with van der Waals surface area (Å²) in [5.41, 5.74) is 8.68. The van der Waals surface area contributed by atoms with Gasteiger partial charge in [0, 0.05) is 18.3 Å². The van der Waals surface area contributed by atoms with E-state index in [9.17, 15) is 0 Å². The quantitative estimate of drug-likeness (QED) is 0.818. The van der Waals surface area contributed by atoms with Crippen molar-refractivity contribution in [2.45, 2.75) is 13.3 Å². The Labute approximate surface area is 101 Å². The second-order valence-electron chi connectivity index (χ2n) is 3.96. The molecule has 0 unspecified atom stereocenters. The van der Waals surface area contributed by atoms with Crippen LogP contribution in [0.15, 0.2) is 42.6 Å². The van der Waals surface area contributed by atoms with E-state index in [2.05, 4.69) is 4.98 Å². The standard InChI is InChI=1S/C14H16N2O/c1-11-5-6-13(15)14(10-11)17-9-7-12-4-2-3-8-16-12/h2-6,8,10H,7,9,15H2,1H3. The molecule has 1 aromatic heterocycles. The van der Waals surface area contributed by atoms with E-state index in [1.54, 1.807) is 6.20 Å². The predicted octanol–water partition coefficient (Wildman–Crippen LogP) is 2.59. The lowest BCUT2D eigenvalue weighted by Gasteiger charge is -2.09. The molecule has 0 aliphatic heterocycles. The van der Waals surface area contributed by atoms with Crippen LogP contribution in [0.4, 0.5) is 5.69 Å². The van der Waals surface area contributed by atoms with Crippen LogP contribution in [0, 0.1) is 6.92 Å². The summed E-state index contributed by atoms with van der Waals surface area (Å²) in [5.74, 6) is 0.751. The molecule has 2 aromatic rings. The lowest BCUT2D eigenvalue weighted by molar-refractivity contribution is 0.322. The van der Waals surface area contributed by atoms with Gasteiger partial charge in [0.1, 0.15) is 5.75 Å². The second-order valence-corrected chi connectivity index (χ2v) is 3.96. The Morgan fingerprint density at radius 1 is 1.24 bits per heavy atom. The van der Waals surface area contributed by atoms with Gasteiger partial charge >= 0.3 is 0 Å². The lowest BCUT2D eigenvalue weighted by atomic mass is 10.2. The number of nitrogens with zero attached hydrogens (tertiary/aromatic N) is 1. The highest BCUT2D eigenvalue weighted by Crippen LogP contribution is 2.22. The third-order valence-electron chi connectivity index (χ3n) is 2.51. The molecule has 0 spiro atoms. The zero-order chi connectivity index (χ0) is 12.1. The van der Waals surface area contributed by atoms with Crippen LogP contribution in [0.2, 0.25) is 0 Å². The zero-order valence-corrected chi connectivity index (χ0v) is 9.89. The van der Waals surface area contributed by atoms with E-state index in [0.29, 0.717) is 12.3 Å². The van der Waals surface area contributed by atoms with Crippen molar-refractivity contribution in [3.63, 3.8) is 0 Å². The van der Waals surface area contributed by atoms with Gasteiger partial charge in [0.15, 0.2) is 0 Å². The molecule has 2 N–H and O–H groups in total. The number of rotatable bonds is 4. The van der Waals surface area contributed by atoms with Gasteiger partial charge in [0.05, 0.1) is 12.3 Å². The van der Waals surface area contributed by atoms with Gasteiger partial charge < -0.3 is 10.5 Å². The Morgan fingerprint density at radius 2 is 2.12 bits per heavy atom. The average Bonchev–Trinajstić information content (AvgIpc) is 2.35. The maximum atomic E-state index is 5.83. The van der Waals surface area contributed by atoms with Crippen molar-refractivity contribution in [2.75, 3.05) is 12.3 Å². The predicted molar refractivity (Wildman–Crippen MR) is 69.0 cm³/mol.